The zero-order valence-electron chi connectivity index (χ0n) is 10.1. The molecule has 0 aromatic heterocycles. The molecular weight excluding hydrogens is 208 g/mol. The summed E-state index contributed by atoms with van der Waals surface area (Å²) in [7, 11) is 1.31. The van der Waals surface area contributed by atoms with Crippen LogP contribution in [0, 0.1) is 5.92 Å². The van der Waals surface area contributed by atoms with Gasteiger partial charge in [0, 0.05) is 0 Å². The van der Waals surface area contributed by atoms with Crippen LogP contribution in [0.15, 0.2) is 0 Å². The second kappa shape index (κ2) is 5.84. The van der Waals surface area contributed by atoms with Crippen LogP contribution in [0.1, 0.15) is 26.7 Å². The number of piperidine rings is 1. The first-order chi connectivity index (χ1) is 7.54. The molecule has 1 heterocycles. The summed E-state index contributed by atoms with van der Waals surface area (Å²) in [6, 6.07) is -0.771. The number of amides is 1. The van der Waals surface area contributed by atoms with Crippen molar-refractivity contribution in [1.82, 2.24) is 10.6 Å². The van der Waals surface area contributed by atoms with Crippen LogP contribution in [0.2, 0.25) is 0 Å². The maximum Gasteiger partial charge on any atom is 0.328 e. The Kier molecular flexibility index (Phi) is 4.73. The van der Waals surface area contributed by atoms with E-state index in [1.165, 1.54) is 7.11 Å². The zero-order chi connectivity index (χ0) is 12.1. The summed E-state index contributed by atoms with van der Waals surface area (Å²) in [4.78, 5) is 22.9. The Morgan fingerprint density at radius 3 is 2.75 bits per heavy atom. The fourth-order valence-corrected chi connectivity index (χ4v) is 1.86. The number of carbonyl (C=O) groups excluding carboxylic acids is 2. The molecule has 1 aliphatic rings. The lowest BCUT2D eigenvalue weighted by molar-refractivity contribution is -0.144. The van der Waals surface area contributed by atoms with Crippen LogP contribution in [0.3, 0.4) is 0 Å². The van der Waals surface area contributed by atoms with E-state index in [-0.39, 0.29) is 11.9 Å². The number of hydrogen-bond acceptors (Lipinski definition) is 4. The molecule has 0 aromatic carbocycles. The van der Waals surface area contributed by atoms with Gasteiger partial charge in [0.2, 0.25) is 5.91 Å². The van der Waals surface area contributed by atoms with Gasteiger partial charge in [-0.25, -0.2) is 4.79 Å². The molecule has 92 valence electrons. The highest BCUT2D eigenvalue weighted by molar-refractivity contribution is 5.87. The third-order valence-corrected chi connectivity index (χ3v) is 2.90. The fraction of sp³-hybridized carbons (Fsp3) is 0.818. The normalized spacial score (nSPS) is 26.9. The summed E-state index contributed by atoms with van der Waals surface area (Å²) in [5.41, 5.74) is 0. The van der Waals surface area contributed by atoms with E-state index in [0.29, 0.717) is 5.92 Å². The predicted octanol–water partition coefficient (Wildman–Crippen LogP) is 0.0522. The van der Waals surface area contributed by atoms with Crippen molar-refractivity contribution in [3.8, 4) is 0 Å². The monoisotopic (exact) mass is 228 g/mol. The van der Waals surface area contributed by atoms with E-state index in [1.807, 2.05) is 0 Å². The zero-order valence-corrected chi connectivity index (χ0v) is 10.1. The highest BCUT2D eigenvalue weighted by atomic mass is 16.5. The molecule has 1 amide bonds. The van der Waals surface area contributed by atoms with Crippen molar-refractivity contribution in [3.63, 3.8) is 0 Å². The van der Waals surface area contributed by atoms with Gasteiger partial charge in [0.25, 0.3) is 0 Å². The van der Waals surface area contributed by atoms with Crippen LogP contribution in [-0.4, -0.2) is 37.6 Å². The molecule has 1 aliphatic heterocycles. The first-order valence-corrected chi connectivity index (χ1v) is 5.66. The van der Waals surface area contributed by atoms with Crippen molar-refractivity contribution in [1.29, 1.82) is 0 Å². The topological polar surface area (TPSA) is 67.4 Å². The molecule has 3 atom stereocenters. The van der Waals surface area contributed by atoms with Crippen molar-refractivity contribution in [3.05, 3.63) is 0 Å². The van der Waals surface area contributed by atoms with E-state index in [2.05, 4.69) is 22.3 Å². The van der Waals surface area contributed by atoms with Crippen LogP contribution in [0.5, 0.6) is 0 Å². The number of ether oxygens (including phenoxy) is 1. The average molecular weight is 228 g/mol. The average Bonchev–Trinajstić information content (AvgIpc) is 2.27. The smallest absolute Gasteiger partial charge is 0.328 e. The molecule has 1 rings (SSSR count). The van der Waals surface area contributed by atoms with E-state index in [4.69, 9.17) is 0 Å². The first kappa shape index (κ1) is 13.0. The minimum atomic E-state index is -0.587. The van der Waals surface area contributed by atoms with Gasteiger partial charge in [-0.15, -0.1) is 0 Å². The molecule has 0 radical (unpaired) electrons. The third-order valence-electron chi connectivity index (χ3n) is 2.90. The molecule has 1 fully saturated rings. The van der Waals surface area contributed by atoms with Crippen LogP contribution in [0.4, 0.5) is 0 Å². The van der Waals surface area contributed by atoms with Crippen molar-refractivity contribution in [2.75, 3.05) is 13.7 Å². The fourth-order valence-electron chi connectivity index (χ4n) is 1.86. The number of methoxy groups -OCH3 is 1. The van der Waals surface area contributed by atoms with Gasteiger partial charge < -0.3 is 15.4 Å². The van der Waals surface area contributed by atoms with E-state index >= 15 is 0 Å². The minimum Gasteiger partial charge on any atom is -0.467 e. The number of carbonyl (C=O) groups is 2. The number of nitrogens with one attached hydrogen (secondary N) is 2. The molecule has 0 aromatic rings. The summed E-state index contributed by atoms with van der Waals surface area (Å²) in [5.74, 6) is 0.00657. The van der Waals surface area contributed by atoms with Crippen LogP contribution < -0.4 is 10.6 Å². The van der Waals surface area contributed by atoms with Crippen LogP contribution in [0.25, 0.3) is 0 Å². The Hall–Kier alpha value is -1.10. The lowest BCUT2D eigenvalue weighted by atomic mass is 9.94. The molecule has 0 aliphatic carbocycles. The van der Waals surface area contributed by atoms with Crippen molar-refractivity contribution in [2.45, 2.75) is 38.8 Å². The van der Waals surface area contributed by atoms with Gasteiger partial charge in [-0.2, -0.15) is 0 Å². The Labute approximate surface area is 95.9 Å². The second-order valence-corrected chi connectivity index (χ2v) is 4.39. The van der Waals surface area contributed by atoms with Crippen LogP contribution >= 0.6 is 0 Å². The number of hydrogen-bond donors (Lipinski definition) is 2. The summed E-state index contributed by atoms with van der Waals surface area (Å²) in [6.07, 6.45) is 1.91. The first-order valence-electron chi connectivity index (χ1n) is 5.66. The van der Waals surface area contributed by atoms with Gasteiger partial charge in [-0.05, 0) is 32.2 Å². The largest absolute Gasteiger partial charge is 0.467 e. The standard InChI is InChI=1S/C11H20N2O3/c1-7-4-5-12-9(6-7)10(14)13-8(2)11(15)16-3/h7-9,12H,4-6H2,1-3H3,(H,13,14)/t7?,8-,9?/m0/s1. The molecule has 1 saturated heterocycles. The van der Waals surface area contributed by atoms with Gasteiger partial charge in [-0.3, -0.25) is 4.79 Å². The molecule has 5 nitrogen and oxygen atoms in total. The molecule has 0 spiro atoms. The van der Waals surface area contributed by atoms with Crippen molar-refractivity contribution in [2.24, 2.45) is 5.92 Å². The number of rotatable bonds is 3. The Bertz CT molecular complexity index is 268. The van der Waals surface area contributed by atoms with Gasteiger partial charge in [-0.1, -0.05) is 6.92 Å². The van der Waals surface area contributed by atoms with Gasteiger partial charge in [0.05, 0.1) is 13.2 Å². The summed E-state index contributed by atoms with van der Waals surface area (Å²) in [6.45, 7) is 4.60. The maximum absolute atomic E-state index is 11.8. The van der Waals surface area contributed by atoms with E-state index in [9.17, 15) is 9.59 Å². The summed E-state index contributed by atoms with van der Waals surface area (Å²) < 4.78 is 4.55. The molecular formula is C11H20N2O3. The summed E-state index contributed by atoms with van der Waals surface area (Å²) >= 11 is 0. The molecule has 2 unspecified atom stereocenters. The predicted molar refractivity (Wildman–Crippen MR) is 59.8 cm³/mol. The quantitative estimate of drug-likeness (QED) is 0.670. The van der Waals surface area contributed by atoms with Gasteiger partial charge in [0.15, 0.2) is 0 Å². The van der Waals surface area contributed by atoms with E-state index in [1.54, 1.807) is 6.92 Å². The highest BCUT2D eigenvalue weighted by Crippen LogP contribution is 2.15. The van der Waals surface area contributed by atoms with E-state index < -0.39 is 12.0 Å². The Morgan fingerprint density at radius 2 is 2.19 bits per heavy atom. The molecule has 16 heavy (non-hydrogen) atoms. The van der Waals surface area contributed by atoms with Gasteiger partial charge >= 0.3 is 5.97 Å². The van der Waals surface area contributed by atoms with Crippen LogP contribution in [-0.2, 0) is 14.3 Å². The lowest BCUT2D eigenvalue weighted by Crippen LogP contribution is -2.52. The SMILES string of the molecule is COC(=O)[C@H](C)NC(=O)C1CC(C)CCN1. The van der Waals surface area contributed by atoms with Gasteiger partial charge in [0.1, 0.15) is 6.04 Å². The molecule has 2 N–H and O–H groups in total. The minimum absolute atomic E-state index is 0.121. The molecule has 5 heteroatoms. The van der Waals surface area contributed by atoms with Crippen molar-refractivity contribution >= 4 is 11.9 Å². The van der Waals surface area contributed by atoms with Crippen molar-refractivity contribution < 1.29 is 14.3 Å². The summed E-state index contributed by atoms with van der Waals surface area (Å²) in [5, 5.41) is 5.79. The lowest BCUT2D eigenvalue weighted by Gasteiger charge is -2.27. The number of esters is 1. The third kappa shape index (κ3) is 3.48. The maximum atomic E-state index is 11.8. The Morgan fingerprint density at radius 1 is 1.50 bits per heavy atom. The van der Waals surface area contributed by atoms with E-state index in [0.717, 1.165) is 19.4 Å². The second-order valence-electron chi connectivity index (χ2n) is 4.39. The molecule has 0 bridgehead atoms. The highest BCUT2D eigenvalue weighted by Gasteiger charge is 2.26. The Balaban J connectivity index is 2.42. The molecule has 0 saturated carbocycles.